The van der Waals surface area contributed by atoms with Gasteiger partial charge in [-0.3, -0.25) is 9.78 Å². The highest BCUT2D eigenvalue weighted by atomic mass is 16.5. The normalized spacial score (nSPS) is 20.8. The maximum atomic E-state index is 12.7. The highest BCUT2D eigenvalue weighted by Gasteiger charge is 2.38. The zero-order valence-electron chi connectivity index (χ0n) is 13.8. The molecule has 1 saturated heterocycles. The van der Waals surface area contributed by atoms with Crippen LogP contribution in [0.5, 0.6) is 0 Å². The molecule has 1 aromatic heterocycles. The smallest absolute Gasteiger partial charge is 0.255 e. The van der Waals surface area contributed by atoms with E-state index in [1.165, 1.54) is 0 Å². The minimum Gasteiger partial charge on any atom is -0.393 e. The summed E-state index contributed by atoms with van der Waals surface area (Å²) in [6.07, 6.45) is 2.17. The Kier molecular flexibility index (Phi) is 4.92. The summed E-state index contributed by atoms with van der Waals surface area (Å²) in [4.78, 5) is 18.7. The molecule has 1 aliphatic heterocycles. The summed E-state index contributed by atoms with van der Waals surface area (Å²) in [5.41, 5.74) is 1.77. The Hall–Kier alpha value is -2.24. The number of morpholine rings is 1. The van der Waals surface area contributed by atoms with Crippen LogP contribution in [-0.4, -0.2) is 52.8 Å². The lowest BCUT2D eigenvalue weighted by atomic mass is 9.93. The van der Waals surface area contributed by atoms with Gasteiger partial charge in [-0.1, -0.05) is 30.3 Å². The second kappa shape index (κ2) is 7.11. The van der Waals surface area contributed by atoms with E-state index in [0.717, 1.165) is 11.3 Å². The number of amides is 1. The molecule has 1 aliphatic rings. The number of benzene rings is 1. The highest BCUT2D eigenvalue weighted by Crippen LogP contribution is 2.24. The van der Waals surface area contributed by atoms with Crippen LogP contribution in [0.2, 0.25) is 0 Å². The van der Waals surface area contributed by atoms with Gasteiger partial charge < -0.3 is 14.7 Å². The fourth-order valence-electron chi connectivity index (χ4n) is 3.02. The second-order valence-electron chi connectivity index (χ2n) is 6.27. The van der Waals surface area contributed by atoms with E-state index in [4.69, 9.17) is 4.74 Å². The molecule has 5 nitrogen and oxygen atoms in total. The van der Waals surface area contributed by atoms with Gasteiger partial charge in [-0.2, -0.15) is 0 Å². The first-order valence-electron chi connectivity index (χ1n) is 8.13. The molecular weight excluding hydrogens is 304 g/mol. The van der Waals surface area contributed by atoms with Crippen molar-refractivity contribution in [1.82, 2.24) is 9.88 Å². The van der Waals surface area contributed by atoms with Crippen molar-refractivity contribution >= 4 is 5.91 Å². The summed E-state index contributed by atoms with van der Waals surface area (Å²) in [6.45, 7) is 3.06. The molecule has 24 heavy (non-hydrogen) atoms. The summed E-state index contributed by atoms with van der Waals surface area (Å²) in [5, 5.41) is 9.93. The number of rotatable bonds is 4. The molecule has 1 fully saturated rings. The Morgan fingerprint density at radius 2 is 2.08 bits per heavy atom. The van der Waals surface area contributed by atoms with Crippen LogP contribution in [0.25, 0.3) is 0 Å². The SMILES string of the molecule is Cc1ccc(C(=O)N2CCOC(CO)(Cc3ccccc3)C2)cn1. The van der Waals surface area contributed by atoms with Crippen molar-refractivity contribution in [2.24, 2.45) is 0 Å². The van der Waals surface area contributed by atoms with Gasteiger partial charge in [0, 0.05) is 24.9 Å². The molecule has 1 N–H and O–H groups in total. The molecule has 1 aromatic carbocycles. The molecule has 2 heterocycles. The predicted octanol–water partition coefficient (Wildman–Crippen LogP) is 1.84. The molecule has 1 amide bonds. The van der Waals surface area contributed by atoms with E-state index in [1.54, 1.807) is 17.2 Å². The first-order valence-corrected chi connectivity index (χ1v) is 8.13. The maximum absolute atomic E-state index is 12.7. The number of ether oxygens (including phenoxy) is 1. The van der Waals surface area contributed by atoms with Crippen molar-refractivity contribution in [3.8, 4) is 0 Å². The lowest BCUT2D eigenvalue weighted by Crippen LogP contribution is -2.56. The van der Waals surface area contributed by atoms with Crippen LogP contribution in [0.4, 0.5) is 0 Å². The summed E-state index contributed by atoms with van der Waals surface area (Å²) in [5.74, 6) is -0.0725. The maximum Gasteiger partial charge on any atom is 0.255 e. The van der Waals surface area contributed by atoms with Crippen molar-refractivity contribution in [3.63, 3.8) is 0 Å². The number of pyridine rings is 1. The molecule has 5 heteroatoms. The van der Waals surface area contributed by atoms with E-state index < -0.39 is 5.60 Å². The Balaban J connectivity index is 1.76. The molecule has 2 aromatic rings. The molecule has 3 rings (SSSR count). The van der Waals surface area contributed by atoms with Crippen LogP contribution >= 0.6 is 0 Å². The largest absolute Gasteiger partial charge is 0.393 e. The minimum atomic E-state index is -0.757. The molecule has 0 radical (unpaired) electrons. The van der Waals surface area contributed by atoms with Crippen LogP contribution in [-0.2, 0) is 11.2 Å². The average Bonchev–Trinajstić information content (AvgIpc) is 2.63. The third-order valence-corrected chi connectivity index (χ3v) is 4.35. The van der Waals surface area contributed by atoms with Gasteiger partial charge in [-0.05, 0) is 24.6 Å². The number of aliphatic hydroxyl groups is 1. The molecular formula is C19H22N2O3. The van der Waals surface area contributed by atoms with E-state index in [2.05, 4.69) is 4.98 Å². The number of aliphatic hydroxyl groups excluding tert-OH is 1. The summed E-state index contributed by atoms with van der Waals surface area (Å²) in [6, 6.07) is 13.5. The molecule has 0 spiro atoms. The third-order valence-electron chi connectivity index (χ3n) is 4.35. The van der Waals surface area contributed by atoms with Gasteiger partial charge in [0.25, 0.3) is 5.91 Å². The van der Waals surface area contributed by atoms with Crippen molar-refractivity contribution in [2.75, 3.05) is 26.3 Å². The Morgan fingerprint density at radius 3 is 2.75 bits per heavy atom. The molecule has 0 aliphatic carbocycles. The molecule has 1 atom stereocenters. The number of hydrogen-bond donors (Lipinski definition) is 1. The van der Waals surface area contributed by atoms with Crippen molar-refractivity contribution in [3.05, 3.63) is 65.5 Å². The Labute approximate surface area is 141 Å². The van der Waals surface area contributed by atoms with Crippen LogP contribution in [0, 0.1) is 6.92 Å². The standard InChI is InChI=1S/C19H22N2O3/c1-15-7-8-17(12-20-15)18(23)21-9-10-24-19(13-21,14-22)11-16-5-3-2-4-6-16/h2-8,12,22H,9-11,13-14H2,1H3. The van der Waals surface area contributed by atoms with Gasteiger partial charge in [0.05, 0.1) is 25.3 Å². The molecule has 0 bridgehead atoms. The number of hydrogen-bond acceptors (Lipinski definition) is 4. The zero-order chi connectivity index (χ0) is 17.0. The summed E-state index contributed by atoms with van der Waals surface area (Å²) in [7, 11) is 0. The van der Waals surface area contributed by atoms with Crippen LogP contribution < -0.4 is 0 Å². The topological polar surface area (TPSA) is 62.7 Å². The van der Waals surface area contributed by atoms with E-state index >= 15 is 0 Å². The minimum absolute atomic E-state index is 0.0725. The Bertz CT molecular complexity index is 688. The number of carbonyl (C=O) groups is 1. The van der Waals surface area contributed by atoms with Gasteiger partial charge in [-0.25, -0.2) is 0 Å². The van der Waals surface area contributed by atoms with Gasteiger partial charge in [0.15, 0.2) is 0 Å². The van der Waals surface area contributed by atoms with E-state index in [-0.39, 0.29) is 12.5 Å². The molecule has 0 saturated carbocycles. The molecule has 1 unspecified atom stereocenters. The fourth-order valence-corrected chi connectivity index (χ4v) is 3.02. The lowest BCUT2D eigenvalue weighted by Gasteiger charge is -2.42. The lowest BCUT2D eigenvalue weighted by molar-refractivity contribution is -0.123. The molecule has 126 valence electrons. The predicted molar refractivity (Wildman–Crippen MR) is 90.8 cm³/mol. The van der Waals surface area contributed by atoms with Crippen LogP contribution in [0.1, 0.15) is 21.6 Å². The van der Waals surface area contributed by atoms with Crippen molar-refractivity contribution < 1.29 is 14.6 Å². The quantitative estimate of drug-likeness (QED) is 0.931. The second-order valence-corrected chi connectivity index (χ2v) is 6.27. The van der Waals surface area contributed by atoms with E-state index in [0.29, 0.717) is 31.7 Å². The van der Waals surface area contributed by atoms with Gasteiger partial charge in [0.1, 0.15) is 5.60 Å². The monoisotopic (exact) mass is 326 g/mol. The van der Waals surface area contributed by atoms with Crippen LogP contribution in [0.15, 0.2) is 48.7 Å². The highest BCUT2D eigenvalue weighted by molar-refractivity contribution is 5.94. The number of carbonyl (C=O) groups excluding carboxylic acids is 1. The number of aromatic nitrogens is 1. The first kappa shape index (κ1) is 16.6. The average molecular weight is 326 g/mol. The van der Waals surface area contributed by atoms with Crippen LogP contribution in [0.3, 0.4) is 0 Å². The summed E-state index contributed by atoms with van der Waals surface area (Å²) < 4.78 is 5.89. The third kappa shape index (κ3) is 3.63. The van der Waals surface area contributed by atoms with E-state index in [1.807, 2.05) is 43.3 Å². The fraction of sp³-hybridized carbons (Fsp3) is 0.368. The van der Waals surface area contributed by atoms with Gasteiger partial charge in [-0.15, -0.1) is 0 Å². The number of nitrogens with zero attached hydrogens (tertiary/aromatic N) is 2. The summed E-state index contributed by atoms with van der Waals surface area (Å²) >= 11 is 0. The van der Waals surface area contributed by atoms with Gasteiger partial charge >= 0.3 is 0 Å². The van der Waals surface area contributed by atoms with Gasteiger partial charge in [0.2, 0.25) is 0 Å². The van der Waals surface area contributed by atoms with E-state index in [9.17, 15) is 9.90 Å². The Morgan fingerprint density at radius 1 is 1.29 bits per heavy atom. The van der Waals surface area contributed by atoms with Crippen molar-refractivity contribution in [2.45, 2.75) is 18.9 Å². The number of aryl methyl sites for hydroxylation is 1. The van der Waals surface area contributed by atoms with Crippen molar-refractivity contribution in [1.29, 1.82) is 0 Å². The first-order chi connectivity index (χ1) is 11.6. The zero-order valence-corrected chi connectivity index (χ0v) is 13.8.